The number of hydrogen-bond donors (Lipinski definition) is 2. The van der Waals surface area contributed by atoms with Crippen LogP contribution in [-0.2, 0) is 4.79 Å². The van der Waals surface area contributed by atoms with Gasteiger partial charge < -0.3 is 10.4 Å². The van der Waals surface area contributed by atoms with E-state index in [0.29, 0.717) is 12.0 Å². The summed E-state index contributed by atoms with van der Waals surface area (Å²) in [6.07, 6.45) is 5.42. The molecular weight excluding hydrogens is 240 g/mol. The Morgan fingerprint density at radius 3 is 2.53 bits per heavy atom. The molecule has 2 N–H and O–H groups in total. The standard InChI is InChI=1S/C15H30N2O2/c1-12(2)8-9-16-15(19)13(3)17(10-5-11-18)14-6-4-7-14/h12-14,18H,4-11H2,1-3H3,(H,16,19). The third-order valence-corrected chi connectivity index (χ3v) is 4.02. The molecule has 0 bridgehead atoms. The second-order valence-corrected chi connectivity index (χ2v) is 6.05. The van der Waals surface area contributed by atoms with Gasteiger partial charge in [-0.1, -0.05) is 20.3 Å². The van der Waals surface area contributed by atoms with Crippen LogP contribution in [0, 0.1) is 5.92 Å². The number of nitrogens with zero attached hydrogens (tertiary/aromatic N) is 1. The van der Waals surface area contributed by atoms with Crippen LogP contribution in [0.5, 0.6) is 0 Å². The molecule has 1 fully saturated rings. The minimum Gasteiger partial charge on any atom is -0.396 e. The minimum atomic E-state index is -0.0796. The zero-order valence-electron chi connectivity index (χ0n) is 12.7. The zero-order valence-corrected chi connectivity index (χ0v) is 12.7. The number of aliphatic hydroxyl groups is 1. The molecule has 1 aliphatic rings. The average Bonchev–Trinajstić information content (AvgIpc) is 2.30. The highest BCUT2D eigenvalue weighted by molar-refractivity contribution is 5.81. The van der Waals surface area contributed by atoms with Gasteiger partial charge in [-0.3, -0.25) is 9.69 Å². The third kappa shape index (κ3) is 5.49. The Bertz CT molecular complexity index is 265. The number of rotatable bonds is 9. The van der Waals surface area contributed by atoms with Gasteiger partial charge in [0.25, 0.3) is 0 Å². The Labute approximate surface area is 117 Å². The molecule has 0 aromatic carbocycles. The summed E-state index contributed by atoms with van der Waals surface area (Å²) in [6.45, 7) is 8.10. The van der Waals surface area contributed by atoms with Crippen molar-refractivity contribution in [3.05, 3.63) is 0 Å². The SMILES string of the molecule is CC(C)CCNC(=O)C(C)N(CCCO)C1CCC1. The lowest BCUT2D eigenvalue weighted by Crippen LogP contribution is -2.52. The lowest BCUT2D eigenvalue weighted by molar-refractivity contribution is -0.127. The van der Waals surface area contributed by atoms with Crippen LogP contribution in [0.1, 0.15) is 52.9 Å². The van der Waals surface area contributed by atoms with Gasteiger partial charge in [0.15, 0.2) is 0 Å². The maximum absolute atomic E-state index is 12.2. The van der Waals surface area contributed by atoms with Crippen LogP contribution in [0.15, 0.2) is 0 Å². The second kappa shape index (κ2) is 8.54. The van der Waals surface area contributed by atoms with E-state index < -0.39 is 0 Å². The summed E-state index contributed by atoms with van der Waals surface area (Å²) < 4.78 is 0. The van der Waals surface area contributed by atoms with E-state index in [0.717, 1.165) is 25.9 Å². The highest BCUT2D eigenvalue weighted by atomic mass is 16.3. The van der Waals surface area contributed by atoms with Crippen LogP contribution in [0.25, 0.3) is 0 Å². The quantitative estimate of drug-likeness (QED) is 0.671. The summed E-state index contributed by atoms with van der Waals surface area (Å²) in [4.78, 5) is 14.4. The normalized spacial score (nSPS) is 17.6. The van der Waals surface area contributed by atoms with E-state index in [1.54, 1.807) is 0 Å². The van der Waals surface area contributed by atoms with Crippen LogP contribution in [0.3, 0.4) is 0 Å². The monoisotopic (exact) mass is 270 g/mol. The van der Waals surface area contributed by atoms with Crippen molar-refractivity contribution in [2.75, 3.05) is 19.7 Å². The molecule has 0 radical (unpaired) electrons. The summed E-state index contributed by atoms with van der Waals surface area (Å²) in [6, 6.07) is 0.460. The van der Waals surface area contributed by atoms with Gasteiger partial charge in [0, 0.05) is 25.7 Å². The number of nitrogens with one attached hydrogen (secondary N) is 1. The van der Waals surface area contributed by atoms with Crippen LogP contribution >= 0.6 is 0 Å². The first-order chi connectivity index (χ1) is 9.06. The molecule has 0 aromatic rings. The van der Waals surface area contributed by atoms with Crippen molar-refractivity contribution in [3.63, 3.8) is 0 Å². The topological polar surface area (TPSA) is 52.6 Å². The molecule has 0 aliphatic heterocycles. The Kier molecular flexibility index (Phi) is 7.39. The summed E-state index contributed by atoms with van der Waals surface area (Å²) in [5, 5.41) is 12.0. The summed E-state index contributed by atoms with van der Waals surface area (Å²) in [7, 11) is 0. The van der Waals surface area contributed by atoms with Gasteiger partial charge in [-0.05, 0) is 38.5 Å². The van der Waals surface area contributed by atoms with E-state index in [-0.39, 0.29) is 18.6 Å². The number of carbonyl (C=O) groups excluding carboxylic acids is 1. The molecule has 0 saturated heterocycles. The first-order valence-electron chi connectivity index (χ1n) is 7.70. The fourth-order valence-corrected chi connectivity index (χ4v) is 2.45. The van der Waals surface area contributed by atoms with Crippen LogP contribution in [0.4, 0.5) is 0 Å². The van der Waals surface area contributed by atoms with Gasteiger partial charge >= 0.3 is 0 Å². The number of amides is 1. The summed E-state index contributed by atoms with van der Waals surface area (Å²) in [5.41, 5.74) is 0. The molecule has 4 heteroatoms. The largest absolute Gasteiger partial charge is 0.396 e. The van der Waals surface area contributed by atoms with Gasteiger partial charge in [0.2, 0.25) is 5.91 Å². The van der Waals surface area contributed by atoms with E-state index in [9.17, 15) is 4.79 Å². The van der Waals surface area contributed by atoms with Gasteiger partial charge in [-0.2, -0.15) is 0 Å². The third-order valence-electron chi connectivity index (χ3n) is 4.02. The van der Waals surface area contributed by atoms with Crippen molar-refractivity contribution in [2.45, 2.75) is 65.0 Å². The molecule has 19 heavy (non-hydrogen) atoms. The van der Waals surface area contributed by atoms with E-state index in [4.69, 9.17) is 5.11 Å². The highest BCUT2D eigenvalue weighted by Crippen LogP contribution is 2.26. The fraction of sp³-hybridized carbons (Fsp3) is 0.933. The molecule has 1 saturated carbocycles. The predicted molar refractivity (Wildman–Crippen MR) is 78.0 cm³/mol. The van der Waals surface area contributed by atoms with Crippen molar-refractivity contribution in [1.82, 2.24) is 10.2 Å². The van der Waals surface area contributed by atoms with Crippen molar-refractivity contribution < 1.29 is 9.90 Å². The smallest absolute Gasteiger partial charge is 0.237 e. The Balaban J connectivity index is 2.40. The van der Waals surface area contributed by atoms with Crippen LogP contribution < -0.4 is 5.32 Å². The van der Waals surface area contributed by atoms with E-state index >= 15 is 0 Å². The Morgan fingerprint density at radius 1 is 1.37 bits per heavy atom. The molecule has 1 amide bonds. The number of hydrogen-bond acceptors (Lipinski definition) is 3. The van der Waals surface area contributed by atoms with Gasteiger partial charge in [0.05, 0.1) is 6.04 Å². The maximum atomic E-state index is 12.2. The van der Waals surface area contributed by atoms with E-state index in [2.05, 4.69) is 24.1 Å². The summed E-state index contributed by atoms with van der Waals surface area (Å²) >= 11 is 0. The molecule has 0 aromatic heterocycles. The summed E-state index contributed by atoms with van der Waals surface area (Å²) in [5.74, 6) is 0.748. The van der Waals surface area contributed by atoms with Crippen molar-refractivity contribution in [2.24, 2.45) is 5.92 Å². The lowest BCUT2D eigenvalue weighted by atomic mass is 9.90. The molecule has 1 atom stereocenters. The lowest BCUT2D eigenvalue weighted by Gasteiger charge is -2.40. The minimum absolute atomic E-state index is 0.0796. The second-order valence-electron chi connectivity index (χ2n) is 6.05. The molecule has 112 valence electrons. The maximum Gasteiger partial charge on any atom is 0.237 e. The molecule has 1 unspecified atom stereocenters. The van der Waals surface area contributed by atoms with E-state index in [1.807, 2.05) is 6.92 Å². The van der Waals surface area contributed by atoms with Crippen LogP contribution in [0.2, 0.25) is 0 Å². The molecule has 0 spiro atoms. The molecule has 1 rings (SSSR count). The van der Waals surface area contributed by atoms with Gasteiger partial charge in [-0.15, -0.1) is 0 Å². The van der Waals surface area contributed by atoms with E-state index in [1.165, 1.54) is 19.3 Å². The first-order valence-corrected chi connectivity index (χ1v) is 7.70. The van der Waals surface area contributed by atoms with Crippen molar-refractivity contribution in [3.8, 4) is 0 Å². The van der Waals surface area contributed by atoms with Gasteiger partial charge in [0.1, 0.15) is 0 Å². The Hall–Kier alpha value is -0.610. The highest BCUT2D eigenvalue weighted by Gasteiger charge is 2.31. The van der Waals surface area contributed by atoms with Gasteiger partial charge in [-0.25, -0.2) is 0 Å². The number of carbonyl (C=O) groups is 1. The molecule has 4 nitrogen and oxygen atoms in total. The van der Waals surface area contributed by atoms with Crippen LogP contribution in [-0.4, -0.2) is 47.7 Å². The Morgan fingerprint density at radius 2 is 2.05 bits per heavy atom. The van der Waals surface area contributed by atoms with Crippen molar-refractivity contribution >= 4 is 5.91 Å². The molecule has 0 heterocycles. The molecule has 1 aliphatic carbocycles. The number of aliphatic hydroxyl groups excluding tert-OH is 1. The first kappa shape index (κ1) is 16.4. The zero-order chi connectivity index (χ0) is 14.3. The molecular formula is C15H30N2O2. The fourth-order valence-electron chi connectivity index (χ4n) is 2.45. The average molecular weight is 270 g/mol. The van der Waals surface area contributed by atoms with Crippen molar-refractivity contribution in [1.29, 1.82) is 0 Å². The predicted octanol–water partition coefficient (Wildman–Crippen LogP) is 1.77.